The molecule has 0 radical (unpaired) electrons. The smallest absolute Gasteiger partial charge is 0.231 e. The summed E-state index contributed by atoms with van der Waals surface area (Å²) in [6.45, 7) is 4.13. The lowest BCUT2D eigenvalue weighted by Crippen LogP contribution is -1.97. The Labute approximate surface area is 148 Å². The molecule has 7 heteroatoms. The highest BCUT2D eigenvalue weighted by Crippen LogP contribution is 2.35. The zero-order valence-corrected chi connectivity index (χ0v) is 14.3. The number of aromatic nitrogens is 5. The van der Waals surface area contributed by atoms with Crippen LogP contribution in [0.3, 0.4) is 0 Å². The van der Waals surface area contributed by atoms with Crippen molar-refractivity contribution < 1.29 is 9.47 Å². The lowest BCUT2D eigenvalue weighted by atomic mass is 10.1. The minimum absolute atomic E-state index is 0.256. The van der Waals surface area contributed by atoms with Crippen LogP contribution in [0.15, 0.2) is 30.5 Å². The zero-order chi connectivity index (χ0) is 17.7. The molecule has 0 aliphatic carbocycles. The standard InChI is InChI=1S/C19H15N5O2/c1-11-9-20-12(2)19-22-18(23-24(11)19)6-5-14-4-3-13-7-16-17(26-10-25-16)8-15(13)21-14/h3-9H,10H2,1-2H3. The number of hydrogen-bond acceptors (Lipinski definition) is 6. The normalized spacial score (nSPS) is 13.3. The van der Waals surface area contributed by atoms with Crippen LogP contribution >= 0.6 is 0 Å². The van der Waals surface area contributed by atoms with Gasteiger partial charge in [-0.05, 0) is 38.1 Å². The van der Waals surface area contributed by atoms with E-state index in [4.69, 9.17) is 9.47 Å². The van der Waals surface area contributed by atoms with Gasteiger partial charge in [-0.25, -0.2) is 14.5 Å². The van der Waals surface area contributed by atoms with Crippen LogP contribution in [0.25, 0.3) is 28.7 Å². The second-order valence-electron chi connectivity index (χ2n) is 6.16. The topological polar surface area (TPSA) is 74.4 Å². The molecule has 0 fully saturated rings. The molecule has 1 aliphatic heterocycles. The number of fused-ring (bicyclic) bond motifs is 3. The molecule has 0 saturated carbocycles. The van der Waals surface area contributed by atoms with Gasteiger partial charge in [0.25, 0.3) is 0 Å². The number of rotatable bonds is 2. The first kappa shape index (κ1) is 14.8. The van der Waals surface area contributed by atoms with Gasteiger partial charge in [0, 0.05) is 17.6 Å². The molecule has 3 aromatic heterocycles. The average Bonchev–Trinajstić information content (AvgIpc) is 3.28. The minimum atomic E-state index is 0.256. The minimum Gasteiger partial charge on any atom is -0.454 e. The van der Waals surface area contributed by atoms with Gasteiger partial charge in [0.2, 0.25) is 6.79 Å². The highest BCUT2D eigenvalue weighted by Gasteiger charge is 2.14. The quantitative estimate of drug-likeness (QED) is 0.555. The van der Waals surface area contributed by atoms with Crippen molar-refractivity contribution in [2.45, 2.75) is 13.8 Å². The predicted octanol–water partition coefficient (Wildman–Crippen LogP) is 3.19. The van der Waals surface area contributed by atoms with Crippen LogP contribution in [0.1, 0.15) is 22.9 Å². The summed E-state index contributed by atoms with van der Waals surface area (Å²) in [7, 11) is 0. The molecule has 0 bridgehead atoms. The highest BCUT2D eigenvalue weighted by atomic mass is 16.7. The van der Waals surface area contributed by atoms with Gasteiger partial charge in [-0.1, -0.05) is 6.07 Å². The molecule has 0 N–H and O–H groups in total. The number of pyridine rings is 1. The van der Waals surface area contributed by atoms with Gasteiger partial charge in [-0.15, -0.1) is 5.10 Å². The Morgan fingerprint density at radius 3 is 2.73 bits per heavy atom. The maximum absolute atomic E-state index is 5.42. The fraction of sp³-hybridized carbons (Fsp3) is 0.158. The SMILES string of the molecule is Cc1ncc(C)n2nc(C=Cc3ccc4cc5c(cc4n3)OCO5)nc12. The molecule has 7 nitrogen and oxygen atoms in total. The van der Waals surface area contributed by atoms with Crippen LogP contribution in [0.4, 0.5) is 0 Å². The molecule has 4 aromatic rings. The van der Waals surface area contributed by atoms with Gasteiger partial charge in [-0.3, -0.25) is 4.98 Å². The Bertz CT molecular complexity index is 1160. The summed E-state index contributed by atoms with van der Waals surface area (Å²) in [6.07, 6.45) is 5.55. The molecule has 128 valence electrons. The lowest BCUT2D eigenvalue weighted by Gasteiger charge is -2.01. The van der Waals surface area contributed by atoms with E-state index in [1.807, 2.05) is 50.3 Å². The Morgan fingerprint density at radius 2 is 1.88 bits per heavy atom. The number of hydrogen-bond donors (Lipinski definition) is 0. The largest absolute Gasteiger partial charge is 0.454 e. The molecule has 0 atom stereocenters. The van der Waals surface area contributed by atoms with E-state index in [2.05, 4.69) is 20.1 Å². The summed E-state index contributed by atoms with van der Waals surface area (Å²) in [6, 6.07) is 7.81. The maximum atomic E-state index is 5.42. The molecule has 0 amide bonds. The van der Waals surface area contributed by atoms with E-state index in [-0.39, 0.29) is 6.79 Å². The zero-order valence-electron chi connectivity index (χ0n) is 14.3. The molecule has 4 heterocycles. The van der Waals surface area contributed by atoms with E-state index in [9.17, 15) is 0 Å². The summed E-state index contributed by atoms with van der Waals surface area (Å²) >= 11 is 0. The third-order valence-electron chi connectivity index (χ3n) is 4.33. The molecular weight excluding hydrogens is 330 g/mol. The Kier molecular flexibility index (Phi) is 3.15. The van der Waals surface area contributed by atoms with E-state index < -0.39 is 0 Å². The van der Waals surface area contributed by atoms with Gasteiger partial charge >= 0.3 is 0 Å². The highest BCUT2D eigenvalue weighted by molar-refractivity contribution is 5.84. The average molecular weight is 345 g/mol. The monoisotopic (exact) mass is 345 g/mol. The fourth-order valence-electron chi connectivity index (χ4n) is 2.96. The van der Waals surface area contributed by atoms with E-state index in [0.29, 0.717) is 5.82 Å². The van der Waals surface area contributed by atoms with Crippen LogP contribution < -0.4 is 9.47 Å². The van der Waals surface area contributed by atoms with Gasteiger partial charge in [0.05, 0.1) is 22.6 Å². The van der Waals surface area contributed by atoms with Crippen LogP contribution in [-0.2, 0) is 0 Å². The third-order valence-corrected chi connectivity index (χ3v) is 4.33. The first-order chi connectivity index (χ1) is 12.7. The molecule has 1 aliphatic rings. The summed E-state index contributed by atoms with van der Waals surface area (Å²) in [4.78, 5) is 13.5. The van der Waals surface area contributed by atoms with E-state index in [0.717, 1.165) is 45.1 Å². The molecule has 1 aromatic carbocycles. The Hall–Kier alpha value is -3.48. The van der Waals surface area contributed by atoms with Crippen molar-refractivity contribution in [3.8, 4) is 11.5 Å². The van der Waals surface area contributed by atoms with Crippen molar-refractivity contribution in [1.82, 2.24) is 24.6 Å². The van der Waals surface area contributed by atoms with Crippen molar-refractivity contribution in [2.75, 3.05) is 6.79 Å². The Balaban J connectivity index is 1.51. The summed E-state index contributed by atoms with van der Waals surface area (Å²) < 4.78 is 12.6. The summed E-state index contributed by atoms with van der Waals surface area (Å²) in [5.41, 5.74) is 4.24. The van der Waals surface area contributed by atoms with Gasteiger partial charge in [-0.2, -0.15) is 0 Å². The molecule has 26 heavy (non-hydrogen) atoms. The molecule has 5 rings (SSSR count). The van der Waals surface area contributed by atoms with Crippen LogP contribution in [0, 0.1) is 13.8 Å². The van der Waals surface area contributed by atoms with E-state index in [1.165, 1.54) is 0 Å². The second kappa shape index (κ2) is 5.52. The third kappa shape index (κ3) is 2.36. The van der Waals surface area contributed by atoms with E-state index in [1.54, 1.807) is 10.7 Å². The predicted molar refractivity (Wildman–Crippen MR) is 97.1 cm³/mol. The molecule has 0 unspecified atom stereocenters. The van der Waals surface area contributed by atoms with Gasteiger partial charge in [0.15, 0.2) is 23.0 Å². The first-order valence-corrected chi connectivity index (χ1v) is 8.25. The molecule has 0 spiro atoms. The fourth-order valence-corrected chi connectivity index (χ4v) is 2.96. The van der Waals surface area contributed by atoms with Crippen molar-refractivity contribution in [3.63, 3.8) is 0 Å². The first-order valence-electron chi connectivity index (χ1n) is 8.25. The molecular formula is C19H15N5O2. The lowest BCUT2D eigenvalue weighted by molar-refractivity contribution is 0.174. The summed E-state index contributed by atoms with van der Waals surface area (Å²) in [5, 5.41) is 5.52. The summed E-state index contributed by atoms with van der Waals surface area (Å²) in [5.74, 6) is 2.11. The number of nitrogens with zero attached hydrogens (tertiary/aromatic N) is 5. The maximum Gasteiger partial charge on any atom is 0.231 e. The van der Waals surface area contributed by atoms with Crippen molar-refractivity contribution in [1.29, 1.82) is 0 Å². The van der Waals surface area contributed by atoms with Crippen molar-refractivity contribution in [3.05, 3.63) is 53.4 Å². The van der Waals surface area contributed by atoms with Gasteiger partial charge in [0.1, 0.15) is 0 Å². The number of benzene rings is 1. The number of ether oxygens (including phenoxy) is 2. The van der Waals surface area contributed by atoms with Gasteiger partial charge < -0.3 is 9.47 Å². The number of aryl methyl sites for hydroxylation is 2. The van der Waals surface area contributed by atoms with Crippen molar-refractivity contribution >= 4 is 28.7 Å². The van der Waals surface area contributed by atoms with Crippen LogP contribution in [-0.4, -0.2) is 31.4 Å². The van der Waals surface area contributed by atoms with Crippen LogP contribution in [0.2, 0.25) is 0 Å². The molecule has 0 saturated heterocycles. The van der Waals surface area contributed by atoms with Crippen LogP contribution in [0.5, 0.6) is 11.5 Å². The Morgan fingerprint density at radius 1 is 1.04 bits per heavy atom. The van der Waals surface area contributed by atoms with Crippen molar-refractivity contribution in [2.24, 2.45) is 0 Å². The van der Waals surface area contributed by atoms with E-state index >= 15 is 0 Å². The second-order valence-corrected chi connectivity index (χ2v) is 6.16.